The summed E-state index contributed by atoms with van der Waals surface area (Å²) < 4.78 is 41.9. The fourth-order valence-corrected chi connectivity index (χ4v) is 2.98. The lowest BCUT2D eigenvalue weighted by Gasteiger charge is -2.12. The molecule has 0 bridgehead atoms. The van der Waals surface area contributed by atoms with Crippen LogP contribution in [-0.4, -0.2) is 18.5 Å². The van der Waals surface area contributed by atoms with Crippen LogP contribution in [0.3, 0.4) is 0 Å². The molecular weight excluding hydrogens is 491 g/mol. The summed E-state index contributed by atoms with van der Waals surface area (Å²) in [6.45, 7) is 12.3. The number of esters is 2. The predicted octanol–water partition coefficient (Wildman–Crippen LogP) is 7.16. The smallest absolute Gasteiger partial charge is 0.338 e. The lowest BCUT2D eigenvalue weighted by molar-refractivity contribution is -0.133. The van der Waals surface area contributed by atoms with Gasteiger partial charge in [0.1, 0.15) is 42.2 Å². The van der Waals surface area contributed by atoms with Crippen molar-refractivity contribution in [2.45, 2.75) is 20.8 Å². The van der Waals surface area contributed by atoms with E-state index in [1.807, 2.05) is 19.1 Å². The zero-order valence-electron chi connectivity index (χ0n) is 21.3. The summed E-state index contributed by atoms with van der Waals surface area (Å²) in [5.41, 5.74) is 1.35. The molecule has 0 spiro atoms. The molecule has 0 saturated heterocycles. The summed E-state index contributed by atoms with van der Waals surface area (Å²) in [4.78, 5) is 23.4. The Hall–Kier alpha value is -4.85. The van der Waals surface area contributed by atoms with Gasteiger partial charge in [0, 0.05) is 22.8 Å². The van der Waals surface area contributed by atoms with Crippen molar-refractivity contribution in [1.29, 1.82) is 0 Å². The monoisotopic (exact) mass is 518 g/mol. The van der Waals surface area contributed by atoms with E-state index in [-0.39, 0.29) is 34.8 Å². The van der Waals surface area contributed by atoms with Gasteiger partial charge in [-0.25, -0.2) is 14.0 Å². The molecule has 0 amide bonds. The minimum atomic E-state index is -0.598. The Kier molecular flexibility index (Phi) is 9.42. The first-order chi connectivity index (χ1) is 18.2. The van der Waals surface area contributed by atoms with Crippen molar-refractivity contribution in [3.05, 3.63) is 103 Å². The number of rotatable bonds is 11. The third-order valence-corrected chi connectivity index (χ3v) is 4.95. The summed E-state index contributed by atoms with van der Waals surface area (Å²) in [5, 5.41) is 0. The first-order valence-corrected chi connectivity index (χ1v) is 11.5. The molecule has 2 aromatic carbocycles. The molecule has 0 fully saturated rings. The van der Waals surface area contributed by atoms with Gasteiger partial charge in [0.2, 0.25) is 0 Å². The van der Waals surface area contributed by atoms with Gasteiger partial charge < -0.3 is 23.4 Å². The molecule has 7 nitrogen and oxygen atoms in total. The molecule has 1 heterocycles. The van der Waals surface area contributed by atoms with Gasteiger partial charge in [-0.3, -0.25) is 0 Å². The Labute approximate surface area is 220 Å². The van der Waals surface area contributed by atoms with Crippen LogP contribution in [0.2, 0.25) is 0 Å². The summed E-state index contributed by atoms with van der Waals surface area (Å²) in [7, 11) is 0. The molecule has 0 unspecified atom stereocenters. The summed E-state index contributed by atoms with van der Waals surface area (Å²) in [6.07, 6.45) is 5.81. The zero-order chi connectivity index (χ0) is 27.7. The second-order valence-electron chi connectivity index (χ2n) is 8.09. The van der Waals surface area contributed by atoms with Crippen LogP contribution in [-0.2, 0) is 14.3 Å². The van der Waals surface area contributed by atoms with E-state index in [4.69, 9.17) is 23.4 Å². The average molecular weight is 519 g/mol. The molecule has 3 rings (SSSR count). The quantitative estimate of drug-likeness (QED) is 0.0875. The third-order valence-electron chi connectivity index (χ3n) is 4.95. The van der Waals surface area contributed by atoms with Crippen LogP contribution < -0.4 is 14.2 Å². The molecule has 0 saturated carbocycles. The number of carbonyl (C=O) groups excluding carboxylic acids is 2. The van der Waals surface area contributed by atoms with Gasteiger partial charge in [0.25, 0.3) is 0 Å². The number of allylic oxidation sites excluding steroid dienone is 1. The van der Waals surface area contributed by atoms with E-state index in [0.717, 1.165) is 12.5 Å². The van der Waals surface area contributed by atoms with Crippen LogP contribution in [0.15, 0.2) is 102 Å². The largest absolute Gasteiger partial charge is 0.486 e. The molecule has 0 aliphatic carbocycles. The van der Waals surface area contributed by atoms with Crippen molar-refractivity contribution in [2.75, 3.05) is 6.61 Å². The van der Waals surface area contributed by atoms with Crippen LogP contribution in [0.4, 0.5) is 4.39 Å². The van der Waals surface area contributed by atoms with Crippen LogP contribution in [0.1, 0.15) is 20.8 Å². The number of halogens is 1. The number of ether oxygens (including phenoxy) is 4. The van der Waals surface area contributed by atoms with Gasteiger partial charge in [-0.15, -0.1) is 0 Å². The fourth-order valence-electron chi connectivity index (χ4n) is 2.98. The number of furan rings is 1. The summed E-state index contributed by atoms with van der Waals surface area (Å²) in [6, 6.07) is 12.5. The molecular formula is C30H27FO7. The molecule has 0 radical (unpaired) electrons. The Morgan fingerprint density at radius 2 is 1.66 bits per heavy atom. The van der Waals surface area contributed by atoms with Crippen LogP contribution >= 0.6 is 0 Å². The van der Waals surface area contributed by atoms with Crippen LogP contribution in [0.5, 0.6) is 17.2 Å². The van der Waals surface area contributed by atoms with Crippen molar-refractivity contribution in [3.8, 4) is 39.9 Å². The van der Waals surface area contributed by atoms with E-state index in [1.165, 1.54) is 19.1 Å². The van der Waals surface area contributed by atoms with Gasteiger partial charge >= 0.3 is 11.9 Å². The zero-order valence-corrected chi connectivity index (χ0v) is 21.3. The van der Waals surface area contributed by atoms with Crippen LogP contribution in [0, 0.1) is 5.82 Å². The maximum atomic E-state index is 14.8. The highest BCUT2D eigenvalue weighted by molar-refractivity contribution is 5.89. The van der Waals surface area contributed by atoms with Gasteiger partial charge in [0.05, 0.1) is 5.56 Å². The van der Waals surface area contributed by atoms with E-state index >= 15 is 0 Å². The molecule has 3 aromatic rings. The van der Waals surface area contributed by atoms with Crippen molar-refractivity contribution in [1.82, 2.24) is 0 Å². The van der Waals surface area contributed by atoms with Crippen molar-refractivity contribution in [3.63, 3.8) is 0 Å². The molecule has 38 heavy (non-hydrogen) atoms. The number of benzene rings is 2. The Bertz CT molecular complexity index is 1410. The van der Waals surface area contributed by atoms with Crippen molar-refractivity contribution < 1.29 is 37.3 Å². The first kappa shape index (κ1) is 27.7. The Balaban J connectivity index is 1.79. The molecule has 196 valence electrons. The highest BCUT2D eigenvalue weighted by atomic mass is 19.1. The van der Waals surface area contributed by atoms with E-state index in [2.05, 4.69) is 13.2 Å². The maximum absolute atomic E-state index is 14.8. The van der Waals surface area contributed by atoms with E-state index in [1.54, 1.807) is 43.3 Å². The highest BCUT2D eigenvalue weighted by Gasteiger charge is 2.16. The minimum Gasteiger partial charge on any atom is -0.486 e. The topological polar surface area (TPSA) is 84.2 Å². The standard InChI is InChI=1S/C30H27FO7/c1-6-7-14-35-28-17-21(8-11-27(28)38-30(33)20(4)5)25-12-13-26(37-25)23-10-9-22(18-24(23)31)34-15-16-36-29(32)19(2)3/h6-13,15-18H,2,4,14H2,1,3,5H3/b7-6+,16-15-. The SMILES string of the molecule is C=C(C)C(=O)O/C=C\Oc1ccc(-c2ccc(-c3ccc(OC(=O)C(=C)C)c(OC/C=C/C)c3)o2)c(F)c1. The molecule has 0 N–H and O–H groups in total. The lowest BCUT2D eigenvalue weighted by atomic mass is 10.1. The van der Waals surface area contributed by atoms with Gasteiger partial charge in [-0.1, -0.05) is 25.3 Å². The second-order valence-corrected chi connectivity index (χ2v) is 8.09. The first-order valence-electron chi connectivity index (χ1n) is 11.5. The maximum Gasteiger partial charge on any atom is 0.338 e. The number of hydrogen-bond donors (Lipinski definition) is 0. The molecule has 8 heteroatoms. The number of carbonyl (C=O) groups is 2. The summed E-state index contributed by atoms with van der Waals surface area (Å²) in [5.74, 6) is -0.221. The predicted molar refractivity (Wildman–Crippen MR) is 141 cm³/mol. The number of hydrogen-bond acceptors (Lipinski definition) is 7. The van der Waals surface area contributed by atoms with Crippen LogP contribution in [0.25, 0.3) is 22.6 Å². The van der Waals surface area contributed by atoms with Gasteiger partial charge in [-0.05, 0) is 63.2 Å². The molecule has 0 aliphatic rings. The van der Waals surface area contributed by atoms with Gasteiger partial charge in [0.15, 0.2) is 11.5 Å². The summed E-state index contributed by atoms with van der Waals surface area (Å²) >= 11 is 0. The highest BCUT2D eigenvalue weighted by Crippen LogP contribution is 2.36. The molecule has 0 atom stereocenters. The second kappa shape index (κ2) is 12.9. The van der Waals surface area contributed by atoms with Crippen molar-refractivity contribution in [2.24, 2.45) is 0 Å². The van der Waals surface area contributed by atoms with E-state index in [0.29, 0.717) is 22.8 Å². The normalized spacial score (nSPS) is 10.9. The Morgan fingerprint density at radius 3 is 2.34 bits per heavy atom. The lowest BCUT2D eigenvalue weighted by Crippen LogP contribution is -2.09. The fraction of sp³-hybridized carbons (Fsp3) is 0.133. The Morgan fingerprint density at radius 1 is 0.921 bits per heavy atom. The average Bonchev–Trinajstić information content (AvgIpc) is 3.37. The van der Waals surface area contributed by atoms with Gasteiger partial charge in [-0.2, -0.15) is 0 Å². The molecule has 0 aliphatic heterocycles. The third kappa shape index (κ3) is 7.33. The molecule has 1 aromatic heterocycles. The van der Waals surface area contributed by atoms with E-state index in [9.17, 15) is 14.0 Å². The van der Waals surface area contributed by atoms with Crippen molar-refractivity contribution >= 4 is 11.9 Å². The minimum absolute atomic E-state index is 0.198. The van der Waals surface area contributed by atoms with E-state index < -0.39 is 17.8 Å².